The molecule has 2 aromatic heterocycles. The third kappa shape index (κ3) is 4.22. The minimum absolute atomic E-state index is 0.00114. The Morgan fingerprint density at radius 3 is 2.71 bits per heavy atom. The topological polar surface area (TPSA) is 49.3 Å². The van der Waals surface area contributed by atoms with Gasteiger partial charge in [0.15, 0.2) is 5.82 Å². The van der Waals surface area contributed by atoms with E-state index in [0.29, 0.717) is 13.1 Å². The molecule has 1 atom stereocenters. The maximum absolute atomic E-state index is 13.0. The molecule has 3 aromatic rings. The molecular weight excluding hydrogens is 368 g/mol. The van der Waals surface area contributed by atoms with Crippen LogP contribution in [0.5, 0.6) is 0 Å². The third-order valence-electron chi connectivity index (χ3n) is 5.16. The lowest BCUT2D eigenvalue weighted by molar-refractivity contribution is -0.135. The van der Waals surface area contributed by atoms with Crippen LogP contribution in [0.2, 0.25) is 0 Å². The highest BCUT2D eigenvalue weighted by Crippen LogP contribution is 2.26. The molecule has 1 unspecified atom stereocenters. The van der Waals surface area contributed by atoms with Gasteiger partial charge >= 0.3 is 0 Å². The zero-order valence-electron chi connectivity index (χ0n) is 16.0. The molecular formula is C22H24N4OS. The quantitative estimate of drug-likeness (QED) is 0.656. The van der Waals surface area contributed by atoms with E-state index in [1.807, 2.05) is 59.8 Å². The van der Waals surface area contributed by atoms with Crippen LogP contribution in [-0.2, 0) is 11.3 Å². The van der Waals surface area contributed by atoms with E-state index < -0.39 is 0 Å². The summed E-state index contributed by atoms with van der Waals surface area (Å²) in [4.78, 5) is 18.1. The van der Waals surface area contributed by atoms with Crippen molar-refractivity contribution in [3.05, 3.63) is 65.5 Å². The molecule has 1 amide bonds. The first-order valence-electron chi connectivity index (χ1n) is 9.62. The third-order valence-corrected chi connectivity index (χ3v) is 6.05. The zero-order valence-corrected chi connectivity index (χ0v) is 16.8. The summed E-state index contributed by atoms with van der Waals surface area (Å²) >= 11 is 1.66. The summed E-state index contributed by atoms with van der Waals surface area (Å²) in [5.41, 5.74) is 2.05. The van der Waals surface area contributed by atoms with Crippen LogP contribution >= 0.6 is 11.3 Å². The van der Waals surface area contributed by atoms with Crippen molar-refractivity contribution in [3.8, 4) is 10.6 Å². The summed E-state index contributed by atoms with van der Waals surface area (Å²) in [6.45, 7) is 2.26. The molecule has 0 spiro atoms. The number of thiophene rings is 1. The minimum Gasteiger partial charge on any atom is -0.354 e. The summed E-state index contributed by atoms with van der Waals surface area (Å²) in [5, 5.41) is 10.8. The Labute approximate surface area is 169 Å². The molecule has 0 aliphatic carbocycles. The van der Waals surface area contributed by atoms with Crippen LogP contribution in [0.4, 0.5) is 5.82 Å². The van der Waals surface area contributed by atoms with Crippen LogP contribution < -0.4 is 4.90 Å². The van der Waals surface area contributed by atoms with Crippen LogP contribution in [0.15, 0.2) is 60.0 Å². The van der Waals surface area contributed by atoms with E-state index in [1.54, 1.807) is 11.3 Å². The van der Waals surface area contributed by atoms with Gasteiger partial charge in [0.25, 0.3) is 0 Å². The number of carbonyl (C=O) groups excluding carboxylic acids is 1. The van der Waals surface area contributed by atoms with Gasteiger partial charge in [-0.15, -0.1) is 21.5 Å². The molecule has 1 aromatic carbocycles. The largest absolute Gasteiger partial charge is 0.354 e. The molecule has 28 heavy (non-hydrogen) atoms. The Hall–Kier alpha value is -2.73. The lowest BCUT2D eigenvalue weighted by Gasteiger charge is -2.34. The molecule has 1 aliphatic rings. The average Bonchev–Trinajstić information content (AvgIpc) is 3.29. The molecule has 3 heterocycles. The van der Waals surface area contributed by atoms with Gasteiger partial charge in [0.1, 0.15) is 5.69 Å². The number of amides is 1. The predicted molar refractivity (Wildman–Crippen MR) is 113 cm³/mol. The van der Waals surface area contributed by atoms with Crippen molar-refractivity contribution in [2.45, 2.75) is 19.4 Å². The summed E-state index contributed by atoms with van der Waals surface area (Å²) in [6.07, 6.45) is 1.92. The van der Waals surface area contributed by atoms with Crippen LogP contribution in [0.25, 0.3) is 10.6 Å². The Kier molecular flexibility index (Phi) is 5.67. The first kappa shape index (κ1) is 18.6. The number of carbonyl (C=O) groups is 1. The molecule has 0 bridgehead atoms. The Morgan fingerprint density at radius 2 is 2.00 bits per heavy atom. The monoisotopic (exact) mass is 392 g/mol. The highest BCUT2D eigenvalue weighted by molar-refractivity contribution is 7.13. The Morgan fingerprint density at radius 1 is 1.14 bits per heavy atom. The number of nitrogens with zero attached hydrogens (tertiary/aromatic N) is 4. The van der Waals surface area contributed by atoms with E-state index in [-0.39, 0.29) is 11.8 Å². The average molecular weight is 393 g/mol. The molecule has 1 saturated heterocycles. The van der Waals surface area contributed by atoms with Gasteiger partial charge in [0, 0.05) is 26.7 Å². The Balaban J connectivity index is 1.40. The fourth-order valence-electron chi connectivity index (χ4n) is 3.68. The van der Waals surface area contributed by atoms with Crippen LogP contribution in [0, 0.1) is 5.92 Å². The van der Waals surface area contributed by atoms with Crippen molar-refractivity contribution in [2.75, 3.05) is 25.0 Å². The maximum Gasteiger partial charge on any atom is 0.227 e. The smallest absolute Gasteiger partial charge is 0.227 e. The fraction of sp³-hybridized carbons (Fsp3) is 0.318. The maximum atomic E-state index is 13.0. The fourth-order valence-corrected chi connectivity index (χ4v) is 4.37. The summed E-state index contributed by atoms with van der Waals surface area (Å²) < 4.78 is 0. The van der Waals surface area contributed by atoms with Crippen molar-refractivity contribution in [3.63, 3.8) is 0 Å². The molecule has 5 nitrogen and oxygen atoms in total. The van der Waals surface area contributed by atoms with Gasteiger partial charge in [-0.3, -0.25) is 4.79 Å². The number of aromatic nitrogens is 2. The second kappa shape index (κ2) is 8.52. The van der Waals surface area contributed by atoms with Crippen molar-refractivity contribution in [1.29, 1.82) is 0 Å². The predicted octanol–water partition coefficient (Wildman–Crippen LogP) is 4.08. The van der Waals surface area contributed by atoms with Gasteiger partial charge in [0.2, 0.25) is 5.91 Å². The molecule has 144 valence electrons. The van der Waals surface area contributed by atoms with E-state index in [0.717, 1.165) is 41.3 Å². The summed E-state index contributed by atoms with van der Waals surface area (Å²) in [6, 6.07) is 18.2. The second-order valence-corrected chi connectivity index (χ2v) is 8.17. The van der Waals surface area contributed by atoms with Crippen LogP contribution in [0.1, 0.15) is 18.4 Å². The van der Waals surface area contributed by atoms with Crippen molar-refractivity contribution in [2.24, 2.45) is 5.92 Å². The summed E-state index contributed by atoms with van der Waals surface area (Å²) in [7, 11) is 1.89. The number of hydrogen-bond acceptors (Lipinski definition) is 5. The van der Waals surface area contributed by atoms with Crippen molar-refractivity contribution < 1.29 is 4.79 Å². The minimum atomic E-state index is 0.00114. The van der Waals surface area contributed by atoms with Gasteiger partial charge < -0.3 is 9.80 Å². The summed E-state index contributed by atoms with van der Waals surface area (Å²) in [5.74, 6) is 1.06. The standard InChI is InChI=1S/C22H24N4OS/c1-25(15-17-7-3-2-4-8-17)22(27)18-9-5-13-26(16-18)21-12-11-19(23-24-21)20-10-6-14-28-20/h2-4,6-8,10-12,14,18H,5,9,13,15-16H2,1H3. The Bertz CT molecular complexity index is 896. The van der Waals surface area contributed by atoms with E-state index in [1.165, 1.54) is 0 Å². The number of anilines is 1. The van der Waals surface area contributed by atoms with Crippen molar-refractivity contribution >= 4 is 23.1 Å². The van der Waals surface area contributed by atoms with Gasteiger partial charge in [0.05, 0.1) is 10.8 Å². The molecule has 0 saturated carbocycles. The number of rotatable bonds is 5. The second-order valence-electron chi connectivity index (χ2n) is 7.22. The van der Waals surface area contributed by atoms with Gasteiger partial charge in [-0.05, 0) is 42.0 Å². The SMILES string of the molecule is CN(Cc1ccccc1)C(=O)C1CCCN(c2ccc(-c3cccs3)nn2)C1. The zero-order chi connectivity index (χ0) is 19.3. The molecule has 4 rings (SSSR count). The lowest BCUT2D eigenvalue weighted by Crippen LogP contribution is -2.43. The van der Waals surface area contributed by atoms with Crippen molar-refractivity contribution in [1.82, 2.24) is 15.1 Å². The normalized spacial score (nSPS) is 16.8. The number of hydrogen-bond donors (Lipinski definition) is 0. The van der Waals surface area contributed by atoms with E-state index >= 15 is 0 Å². The van der Waals surface area contributed by atoms with Gasteiger partial charge in [-0.2, -0.15) is 0 Å². The van der Waals surface area contributed by atoms with Gasteiger partial charge in [-0.1, -0.05) is 36.4 Å². The van der Waals surface area contributed by atoms with E-state index in [4.69, 9.17) is 0 Å². The highest BCUT2D eigenvalue weighted by Gasteiger charge is 2.28. The first-order chi connectivity index (χ1) is 13.7. The molecule has 1 aliphatic heterocycles. The molecule has 6 heteroatoms. The lowest BCUT2D eigenvalue weighted by atomic mass is 9.96. The van der Waals surface area contributed by atoms with Crippen LogP contribution in [0.3, 0.4) is 0 Å². The first-order valence-corrected chi connectivity index (χ1v) is 10.5. The van der Waals surface area contributed by atoms with Crippen LogP contribution in [-0.4, -0.2) is 41.1 Å². The molecule has 0 N–H and O–H groups in total. The van der Waals surface area contributed by atoms with E-state index in [9.17, 15) is 4.79 Å². The number of piperidine rings is 1. The molecule has 1 fully saturated rings. The molecule has 0 radical (unpaired) electrons. The van der Waals surface area contributed by atoms with Gasteiger partial charge in [-0.25, -0.2) is 0 Å². The van der Waals surface area contributed by atoms with E-state index in [2.05, 4.69) is 27.2 Å². The number of benzene rings is 1. The highest BCUT2D eigenvalue weighted by atomic mass is 32.1.